The molecule has 1 aromatic carbocycles. The summed E-state index contributed by atoms with van der Waals surface area (Å²) in [5.74, 6) is -0.163. The number of hydrogen-bond acceptors (Lipinski definition) is 3. The number of ether oxygens (including phenoxy) is 1. The Morgan fingerprint density at radius 1 is 1.37 bits per heavy atom. The molecule has 6 heteroatoms. The van der Waals surface area contributed by atoms with Gasteiger partial charge in [-0.05, 0) is 24.1 Å². The molecule has 0 saturated carbocycles. The number of nitrogens with one attached hydrogen (secondary N) is 1. The minimum absolute atomic E-state index is 0.0564. The van der Waals surface area contributed by atoms with Gasteiger partial charge in [0.2, 0.25) is 5.91 Å². The number of aliphatic hydroxyl groups excluding tert-OH is 1. The summed E-state index contributed by atoms with van der Waals surface area (Å²) in [6, 6.07) is 5.62. The summed E-state index contributed by atoms with van der Waals surface area (Å²) < 4.78 is 28.1. The molecule has 1 amide bonds. The van der Waals surface area contributed by atoms with Gasteiger partial charge in [-0.2, -0.15) is 8.78 Å². The zero-order valence-corrected chi connectivity index (χ0v) is 10.6. The van der Waals surface area contributed by atoms with Crippen molar-refractivity contribution in [2.75, 3.05) is 6.61 Å². The van der Waals surface area contributed by atoms with Crippen LogP contribution < -0.4 is 10.1 Å². The minimum atomic E-state index is -2.86. The van der Waals surface area contributed by atoms with Crippen LogP contribution in [0.5, 0.6) is 5.75 Å². The van der Waals surface area contributed by atoms with Crippen LogP contribution in [0.3, 0.4) is 0 Å². The Labute approximate surface area is 110 Å². The Morgan fingerprint density at radius 3 is 2.47 bits per heavy atom. The highest BCUT2D eigenvalue weighted by Gasteiger charge is 2.10. The van der Waals surface area contributed by atoms with E-state index in [1.54, 1.807) is 12.1 Å². The number of amides is 1. The van der Waals surface area contributed by atoms with Crippen LogP contribution in [0.25, 0.3) is 0 Å². The van der Waals surface area contributed by atoms with Crippen LogP contribution in [-0.4, -0.2) is 30.3 Å². The van der Waals surface area contributed by atoms with E-state index in [0.717, 1.165) is 0 Å². The lowest BCUT2D eigenvalue weighted by Gasteiger charge is -2.14. The number of rotatable bonds is 7. The molecule has 0 spiro atoms. The zero-order valence-electron chi connectivity index (χ0n) is 10.6. The monoisotopic (exact) mass is 273 g/mol. The van der Waals surface area contributed by atoms with Crippen LogP contribution in [0.4, 0.5) is 8.78 Å². The average molecular weight is 273 g/mol. The van der Waals surface area contributed by atoms with E-state index in [1.165, 1.54) is 12.1 Å². The molecule has 2 N–H and O–H groups in total. The van der Waals surface area contributed by atoms with Crippen molar-refractivity contribution in [3.63, 3.8) is 0 Å². The van der Waals surface area contributed by atoms with Gasteiger partial charge in [0, 0.05) is 0 Å². The lowest BCUT2D eigenvalue weighted by molar-refractivity contribution is -0.121. The highest BCUT2D eigenvalue weighted by atomic mass is 19.3. The van der Waals surface area contributed by atoms with Gasteiger partial charge in [-0.25, -0.2) is 0 Å². The van der Waals surface area contributed by atoms with Crippen LogP contribution in [0.15, 0.2) is 24.3 Å². The Morgan fingerprint density at radius 2 is 2.00 bits per heavy atom. The molecule has 0 saturated heterocycles. The van der Waals surface area contributed by atoms with Gasteiger partial charge in [-0.1, -0.05) is 19.1 Å². The largest absolute Gasteiger partial charge is 0.435 e. The number of alkyl halides is 2. The molecule has 0 aliphatic rings. The number of hydrogen-bond donors (Lipinski definition) is 2. The fourth-order valence-corrected chi connectivity index (χ4v) is 1.53. The highest BCUT2D eigenvalue weighted by molar-refractivity contribution is 5.78. The zero-order chi connectivity index (χ0) is 14.3. The summed E-state index contributed by atoms with van der Waals surface area (Å²) in [4.78, 5) is 11.6. The van der Waals surface area contributed by atoms with E-state index in [0.29, 0.717) is 12.0 Å². The standard InChI is InChI=1S/C13H17F2NO3/c1-2-10(8-17)16-12(18)7-9-3-5-11(6-4-9)19-13(14)15/h3-6,10,13,17H,2,7-8H2,1H3,(H,16,18)/t10-/m1/s1. The first-order valence-electron chi connectivity index (χ1n) is 5.99. The van der Waals surface area contributed by atoms with E-state index in [4.69, 9.17) is 5.11 Å². The molecule has 0 unspecified atom stereocenters. The van der Waals surface area contributed by atoms with Gasteiger partial charge in [0.05, 0.1) is 19.1 Å². The predicted octanol–water partition coefficient (Wildman–Crippen LogP) is 1.72. The third kappa shape index (κ3) is 5.65. The van der Waals surface area contributed by atoms with E-state index in [9.17, 15) is 13.6 Å². The molecule has 0 heterocycles. The molecule has 4 nitrogen and oxygen atoms in total. The molecule has 0 fully saturated rings. The van der Waals surface area contributed by atoms with Gasteiger partial charge in [-0.3, -0.25) is 4.79 Å². The predicted molar refractivity (Wildman–Crippen MR) is 66.1 cm³/mol. The summed E-state index contributed by atoms with van der Waals surface area (Å²) in [6.07, 6.45) is 0.773. The fourth-order valence-electron chi connectivity index (χ4n) is 1.53. The summed E-state index contributed by atoms with van der Waals surface area (Å²) in [7, 11) is 0. The first-order chi connectivity index (χ1) is 9.05. The van der Waals surface area contributed by atoms with Crippen LogP contribution in [0, 0.1) is 0 Å². The lowest BCUT2D eigenvalue weighted by atomic mass is 10.1. The van der Waals surface area contributed by atoms with Crippen molar-refractivity contribution in [2.24, 2.45) is 0 Å². The molecule has 1 aromatic rings. The molecule has 1 atom stereocenters. The van der Waals surface area contributed by atoms with Crippen molar-refractivity contribution < 1.29 is 23.4 Å². The molecule has 0 aliphatic heterocycles. The second-order valence-electron chi connectivity index (χ2n) is 4.05. The average Bonchev–Trinajstić information content (AvgIpc) is 2.37. The summed E-state index contributed by atoms with van der Waals surface area (Å²) >= 11 is 0. The van der Waals surface area contributed by atoms with E-state index < -0.39 is 6.61 Å². The molecule has 0 aromatic heterocycles. The number of halogens is 2. The number of benzene rings is 1. The molecule has 1 rings (SSSR count). The first-order valence-corrected chi connectivity index (χ1v) is 5.99. The second kappa shape index (κ2) is 7.68. The Kier molecular flexibility index (Phi) is 6.21. The van der Waals surface area contributed by atoms with Crippen molar-refractivity contribution in [1.29, 1.82) is 0 Å². The Bertz CT molecular complexity index is 391. The third-order valence-electron chi connectivity index (χ3n) is 2.59. The smallest absolute Gasteiger partial charge is 0.387 e. The van der Waals surface area contributed by atoms with E-state index in [2.05, 4.69) is 10.1 Å². The van der Waals surface area contributed by atoms with Crippen molar-refractivity contribution in [3.8, 4) is 5.75 Å². The molecule has 0 aliphatic carbocycles. The van der Waals surface area contributed by atoms with Gasteiger partial charge < -0.3 is 15.2 Å². The molecule has 0 radical (unpaired) electrons. The van der Waals surface area contributed by atoms with Crippen molar-refractivity contribution in [2.45, 2.75) is 32.4 Å². The normalized spacial score (nSPS) is 12.3. The maximum atomic E-state index is 11.9. The Balaban J connectivity index is 2.50. The fraction of sp³-hybridized carbons (Fsp3) is 0.462. The maximum Gasteiger partial charge on any atom is 0.387 e. The van der Waals surface area contributed by atoms with Gasteiger partial charge in [0.1, 0.15) is 5.75 Å². The SMILES string of the molecule is CC[C@H](CO)NC(=O)Cc1ccc(OC(F)F)cc1. The molecule has 19 heavy (non-hydrogen) atoms. The first kappa shape index (κ1) is 15.4. The number of aliphatic hydroxyl groups is 1. The van der Waals surface area contributed by atoms with Gasteiger partial charge in [0.15, 0.2) is 0 Å². The second-order valence-corrected chi connectivity index (χ2v) is 4.05. The van der Waals surface area contributed by atoms with Crippen LogP contribution >= 0.6 is 0 Å². The van der Waals surface area contributed by atoms with Crippen LogP contribution in [-0.2, 0) is 11.2 Å². The molecular weight excluding hydrogens is 256 g/mol. The molecule has 0 bridgehead atoms. The van der Waals surface area contributed by atoms with E-state index in [1.807, 2.05) is 6.92 Å². The quantitative estimate of drug-likeness (QED) is 0.795. The minimum Gasteiger partial charge on any atom is -0.435 e. The summed E-state index contributed by atoms with van der Waals surface area (Å²) in [6.45, 7) is -1.11. The van der Waals surface area contributed by atoms with Crippen LogP contribution in [0.2, 0.25) is 0 Å². The van der Waals surface area contributed by atoms with Gasteiger partial charge >= 0.3 is 6.61 Å². The number of carbonyl (C=O) groups is 1. The molecular formula is C13H17F2NO3. The van der Waals surface area contributed by atoms with Crippen molar-refractivity contribution in [1.82, 2.24) is 5.32 Å². The van der Waals surface area contributed by atoms with E-state index in [-0.39, 0.29) is 30.7 Å². The van der Waals surface area contributed by atoms with Crippen molar-refractivity contribution >= 4 is 5.91 Å². The highest BCUT2D eigenvalue weighted by Crippen LogP contribution is 2.15. The third-order valence-corrected chi connectivity index (χ3v) is 2.59. The lowest BCUT2D eigenvalue weighted by Crippen LogP contribution is -2.37. The topological polar surface area (TPSA) is 58.6 Å². The molecule has 106 valence electrons. The summed E-state index contributed by atoms with van der Waals surface area (Å²) in [5, 5.41) is 11.6. The van der Waals surface area contributed by atoms with E-state index >= 15 is 0 Å². The maximum absolute atomic E-state index is 11.9. The Hall–Kier alpha value is -1.69. The van der Waals surface area contributed by atoms with Crippen LogP contribution in [0.1, 0.15) is 18.9 Å². The van der Waals surface area contributed by atoms with Gasteiger partial charge in [-0.15, -0.1) is 0 Å². The number of carbonyl (C=O) groups excluding carboxylic acids is 1. The van der Waals surface area contributed by atoms with Crippen molar-refractivity contribution in [3.05, 3.63) is 29.8 Å². The van der Waals surface area contributed by atoms with Gasteiger partial charge in [0.25, 0.3) is 0 Å². The summed E-state index contributed by atoms with van der Waals surface area (Å²) in [5.41, 5.74) is 0.687.